The molecule has 20 heavy (non-hydrogen) atoms. The van der Waals surface area contributed by atoms with Crippen LogP contribution in [0.4, 0.5) is 0 Å². The van der Waals surface area contributed by atoms with Crippen molar-refractivity contribution in [3.05, 3.63) is 41.5 Å². The van der Waals surface area contributed by atoms with E-state index < -0.39 is 0 Å². The number of rotatable bonds is 3. The van der Waals surface area contributed by atoms with Crippen molar-refractivity contribution in [2.45, 2.75) is 6.42 Å². The van der Waals surface area contributed by atoms with Crippen molar-refractivity contribution in [3.8, 4) is 5.82 Å². The fraction of sp³-hybridized carbons (Fsp3) is 0.154. The van der Waals surface area contributed by atoms with E-state index in [0.717, 1.165) is 33.9 Å². The zero-order valence-corrected chi connectivity index (χ0v) is 11.4. The first-order chi connectivity index (χ1) is 9.88. The molecule has 2 N–H and O–H groups in total. The van der Waals surface area contributed by atoms with Gasteiger partial charge in [0.2, 0.25) is 0 Å². The number of fused-ring (bicyclic) bond motifs is 2. The highest BCUT2D eigenvalue weighted by Gasteiger charge is 2.17. The Labute approximate surface area is 118 Å². The lowest BCUT2D eigenvalue weighted by molar-refractivity contribution is 0.785. The second-order valence-corrected chi connectivity index (χ2v) is 5.34. The molecule has 0 aliphatic carbocycles. The van der Waals surface area contributed by atoms with Crippen molar-refractivity contribution >= 4 is 27.3 Å². The highest BCUT2D eigenvalue weighted by atomic mass is 32.1. The van der Waals surface area contributed by atoms with Gasteiger partial charge in [-0.05, 0) is 18.7 Å². The van der Waals surface area contributed by atoms with Gasteiger partial charge in [0.15, 0.2) is 10.8 Å². The van der Waals surface area contributed by atoms with E-state index in [1.165, 1.54) is 0 Å². The van der Waals surface area contributed by atoms with Gasteiger partial charge in [0.05, 0.1) is 11.2 Å². The Bertz CT molecular complexity index is 887. The maximum Gasteiger partial charge on any atom is 0.195 e. The topological polar surface area (TPSA) is 74.0 Å². The molecule has 0 amide bonds. The molecule has 3 heterocycles. The predicted molar refractivity (Wildman–Crippen MR) is 78.3 cm³/mol. The Morgan fingerprint density at radius 3 is 3.05 bits per heavy atom. The van der Waals surface area contributed by atoms with Crippen LogP contribution in [0.5, 0.6) is 0 Å². The fourth-order valence-corrected chi connectivity index (χ4v) is 3.11. The minimum Gasteiger partial charge on any atom is -0.330 e. The van der Waals surface area contributed by atoms with Crippen LogP contribution in [0.15, 0.2) is 35.8 Å². The van der Waals surface area contributed by atoms with E-state index >= 15 is 0 Å². The molecule has 0 spiro atoms. The molecule has 100 valence electrons. The van der Waals surface area contributed by atoms with Crippen LogP contribution in [0.3, 0.4) is 0 Å². The van der Waals surface area contributed by atoms with Gasteiger partial charge >= 0.3 is 0 Å². The molecular weight excluding hydrogens is 272 g/mol. The lowest BCUT2D eigenvalue weighted by atomic mass is 10.3. The SMILES string of the molecule is NCCc1c(-n2nnc3ccccc32)nc2sccn12. The monoisotopic (exact) mass is 284 g/mol. The molecule has 0 radical (unpaired) electrons. The second-order valence-electron chi connectivity index (χ2n) is 4.47. The van der Waals surface area contributed by atoms with Crippen LogP contribution in [0, 0.1) is 0 Å². The number of nitrogens with two attached hydrogens (primary N) is 1. The van der Waals surface area contributed by atoms with E-state index in [9.17, 15) is 0 Å². The first-order valence-corrected chi connectivity index (χ1v) is 7.22. The first kappa shape index (κ1) is 11.6. The summed E-state index contributed by atoms with van der Waals surface area (Å²) in [5, 5.41) is 10.4. The summed E-state index contributed by atoms with van der Waals surface area (Å²) in [6.45, 7) is 0.573. The molecule has 0 aliphatic rings. The molecular formula is C13H12N6S. The Hall–Kier alpha value is -2.25. The van der Waals surface area contributed by atoms with Crippen molar-refractivity contribution in [1.82, 2.24) is 24.4 Å². The Balaban J connectivity index is 2.01. The van der Waals surface area contributed by atoms with E-state index in [1.54, 1.807) is 16.0 Å². The zero-order valence-electron chi connectivity index (χ0n) is 10.6. The van der Waals surface area contributed by atoms with E-state index in [-0.39, 0.29) is 0 Å². The van der Waals surface area contributed by atoms with Crippen molar-refractivity contribution in [3.63, 3.8) is 0 Å². The number of nitrogens with zero attached hydrogens (tertiary/aromatic N) is 5. The van der Waals surface area contributed by atoms with Gasteiger partial charge in [-0.15, -0.1) is 16.4 Å². The summed E-state index contributed by atoms with van der Waals surface area (Å²) in [5.41, 5.74) is 8.62. The van der Waals surface area contributed by atoms with Gasteiger partial charge in [0.1, 0.15) is 5.52 Å². The lowest BCUT2D eigenvalue weighted by Crippen LogP contribution is -2.09. The predicted octanol–water partition coefficient (Wildman–Crippen LogP) is 1.63. The third-order valence-electron chi connectivity index (χ3n) is 3.27. The molecule has 0 aliphatic heterocycles. The molecule has 6 nitrogen and oxygen atoms in total. The minimum absolute atomic E-state index is 0.573. The summed E-state index contributed by atoms with van der Waals surface area (Å²) >= 11 is 1.60. The van der Waals surface area contributed by atoms with Crippen LogP contribution < -0.4 is 5.73 Å². The summed E-state index contributed by atoms with van der Waals surface area (Å²) < 4.78 is 3.86. The number of para-hydroxylation sites is 1. The summed E-state index contributed by atoms with van der Waals surface area (Å²) in [7, 11) is 0. The highest BCUT2D eigenvalue weighted by molar-refractivity contribution is 7.15. The van der Waals surface area contributed by atoms with Crippen molar-refractivity contribution in [2.24, 2.45) is 5.73 Å². The van der Waals surface area contributed by atoms with E-state index in [4.69, 9.17) is 5.73 Å². The Kier molecular flexibility index (Phi) is 2.54. The standard InChI is InChI=1S/C13H12N6S/c14-6-5-11-12(15-13-18(11)7-8-20-13)19-10-4-2-1-3-9(10)16-17-19/h1-4,7-8H,5-6,14H2. The van der Waals surface area contributed by atoms with Crippen LogP contribution in [0.1, 0.15) is 5.69 Å². The summed E-state index contributed by atoms with van der Waals surface area (Å²) in [6, 6.07) is 7.87. The number of benzene rings is 1. The molecule has 0 saturated carbocycles. The van der Waals surface area contributed by atoms with Crippen LogP contribution in [-0.4, -0.2) is 30.9 Å². The Morgan fingerprint density at radius 2 is 2.15 bits per heavy atom. The van der Waals surface area contributed by atoms with Gasteiger partial charge in [-0.25, -0.2) is 0 Å². The number of hydrogen-bond donors (Lipinski definition) is 1. The molecule has 0 fully saturated rings. The molecule has 1 aromatic carbocycles. The molecule has 4 rings (SSSR count). The van der Waals surface area contributed by atoms with Gasteiger partial charge in [-0.1, -0.05) is 17.3 Å². The smallest absolute Gasteiger partial charge is 0.195 e. The van der Waals surface area contributed by atoms with Gasteiger partial charge < -0.3 is 5.73 Å². The van der Waals surface area contributed by atoms with Crippen LogP contribution in [-0.2, 0) is 6.42 Å². The van der Waals surface area contributed by atoms with Gasteiger partial charge in [0, 0.05) is 18.0 Å². The molecule has 0 atom stereocenters. The summed E-state index contributed by atoms with van der Waals surface area (Å²) in [4.78, 5) is 5.62. The number of hydrogen-bond acceptors (Lipinski definition) is 5. The van der Waals surface area contributed by atoms with Gasteiger partial charge in [-0.3, -0.25) is 4.40 Å². The average Bonchev–Trinajstić information content (AvgIpc) is 3.14. The molecule has 0 bridgehead atoms. The number of imidazole rings is 1. The number of aromatic nitrogens is 5. The van der Waals surface area contributed by atoms with Crippen molar-refractivity contribution in [1.29, 1.82) is 0 Å². The largest absolute Gasteiger partial charge is 0.330 e. The molecule has 3 aromatic heterocycles. The Morgan fingerprint density at radius 1 is 1.25 bits per heavy atom. The number of thiazole rings is 1. The fourth-order valence-electron chi connectivity index (χ4n) is 2.39. The van der Waals surface area contributed by atoms with Crippen molar-refractivity contribution in [2.75, 3.05) is 6.54 Å². The highest BCUT2D eigenvalue weighted by Crippen LogP contribution is 2.23. The van der Waals surface area contributed by atoms with Crippen LogP contribution in [0.25, 0.3) is 21.8 Å². The average molecular weight is 284 g/mol. The van der Waals surface area contributed by atoms with Crippen LogP contribution in [0.2, 0.25) is 0 Å². The van der Waals surface area contributed by atoms with Gasteiger partial charge in [-0.2, -0.15) is 9.67 Å². The molecule has 4 aromatic rings. The van der Waals surface area contributed by atoms with E-state index in [0.29, 0.717) is 6.54 Å². The minimum atomic E-state index is 0.573. The molecule has 0 saturated heterocycles. The van der Waals surface area contributed by atoms with E-state index in [2.05, 4.69) is 19.7 Å². The van der Waals surface area contributed by atoms with Crippen molar-refractivity contribution < 1.29 is 0 Å². The van der Waals surface area contributed by atoms with E-state index in [1.807, 2.05) is 35.8 Å². The zero-order chi connectivity index (χ0) is 13.5. The molecule has 0 unspecified atom stereocenters. The third kappa shape index (κ3) is 1.57. The first-order valence-electron chi connectivity index (χ1n) is 6.34. The third-order valence-corrected chi connectivity index (χ3v) is 4.03. The van der Waals surface area contributed by atoms with Crippen LogP contribution >= 0.6 is 11.3 Å². The summed E-state index contributed by atoms with van der Waals surface area (Å²) in [6.07, 6.45) is 2.77. The quantitative estimate of drug-likeness (QED) is 0.620. The molecule has 7 heteroatoms. The summed E-state index contributed by atoms with van der Waals surface area (Å²) in [5.74, 6) is 0.816. The maximum atomic E-state index is 5.73. The normalized spacial score (nSPS) is 11.7. The van der Waals surface area contributed by atoms with Gasteiger partial charge in [0.25, 0.3) is 0 Å². The lowest BCUT2D eigenvalue weighted by Gasteiger charge is -2.02. The maximum absolute atomic E-state index is 5.73. The second kappa shape index (κ2) is 4.39.